The zero-order chi connectivity index (χ0) is 17.1. The maximum Gasteiger partial charge on any atom is 0.306 e. The number of amides is 1. The average Bonchev–Trinajstić information content (AvgIpc) is 3.10. The van der Waals surface area contributed by atoms with Crippen LogP contribution in [0, 0.1) is 11.8 Å². The van der Waals surface area contributed by atoms with E-state index in [4.69, 9.17) is 9.84 Å². The van der Waals surface area contributed by atoms with Crippen LogP contribution in [0.4, 0.5) is 0 Å². The Hall–Kier alpha value is -2.04. The van der Waals surface area contributed by atoms with Crippen LogP contribution in [0.5, 0.6) is 5.75 Å². The molecule has 1 N–H and O–H groups in total. The molecule has 5 heteroatoms. The summed E-state index contributed by atoms with van der Waals surface area (Å²) in [5, 5.41) is 9.11. The maximum absolute atomic E-state index is 13.0. The number of ether oxygens (including phenoxy) is 1. The van der Waals surface area contributed by atoms with Crippen LogP contribution in [0.15, 0.2) is 24.3 Å². The van der Waals surface area contributed by atoms with Gasteiger partial charge in [0.2, 0.25) is 5.91 Å². The van der Waals surface area contributed by atoms with Crippen LogP contribution in [-0.4, -0.2) is 35.5 Å². The summed E-state index contributed by atoms with van der Waals surface area (Å²) in [6, 6.07) is 7.98. The van der Waals surface area contributed by atoms with Gasteiger partial charge < -0.3 is 14.7 Å². The summed E-state index contributed by atoms with van der Waals surface area (Å²) in [6.07, 6.45) is 4.54. The minimum absolute atomic E-state index is 0.0316. The molecule has 1 aromatic carbocycles. The van der Waals surface area contributed by atoms with Crippen LogP contribution < -0.4 is 4.74 Å². The number of aliphatic carboxylic acids is 1. The van der Waals surface area contributed by atoms with Gasteiger partial charge in [-0.15, -0.1) is 0 Å². The van der Waals surface area contributed by atoms with Crippen molar-refractivity contribution in [3.63, 3.8) is 0 Å². The Bertz CT molecular complexity index is 607. The molecule has 1 aliphatic carbocycles. The molecule has 1 amide bonds. The van der Waals surface area contributed by atoms with Crippen molar-refractivity contribution in [2.24, 2.45) is 11.8 Å². The number of hydrogen-bond donors (Lipinski definition) is 1. The van der Waals surface area contributed by atoms with Gasteiger partial charge in [-0.1, -0.05) is 18.2 Å². The lowest BCUT2D eigenvalue weighted by Gasteiger charge is -2.32. The van der Waals surface area contributed by atoms with E-state index in [1.807, 2.05) is 29.2 Å². The number of likely N-dealkylation sites (tertiary alicyclic amines) is 1. The summed E-state index contributed by atoms with van der Waals surface area (Å²) in [5.74, 6) is -0.0217. The van der Waals surface area contributed by atoms with E-state index >= 15 is 0 Å². The standard InChI is InChI=1S/C19H25NO4/c1-24-17-7-3-2-5-15(17)16-6-4-12-20(16)18(21)13-8-10-14(11-9-13)19(22)23/h2-3,5,7,13-14,16H,4,6,8-12H2,1H3,(H,22,23). The Kier molecular flexibility index (Phi) is 5.07. The van der Waals surface area contributed by atoms with E-state index in [1.54, 1.807) is 7.11 Å². The van der Waals surface area contributed by atoms with Crippen LogP contribution in [-0.2, 0) is 9.59 Å². The van der Waals surface area contributed by atoms with E-state index in [9.17, 15) is 9.59 Å². The van der Waals surface area contributed by atoms with E-state index in [0.29, 0.717) is 25.7 Å². The lowest BCUT2D eigenvalue weighted by molar-refractivity contribution is -0.146. The van der Waals surface area contributed by atoms with Gasteiger partial charge in [0.15, 0.2) is 0 Å². The summed E-state index contributed by atoms with van der Waals surface area (Å²) in [5.41, 5.74) is 1.07. The molecule has 1 saturated carbocycles. The van der Waals surface area contributed by atoms with Crippen LogP contribution in [0.3, 0.4) is 0 Å². The van der Waals surface area contributed by atoms with Gasteiger partial charge >= 0.3 is 5.97 Å². The molecule has 1 aromatic rings. The molecule has 1 atom stereocenters. The first kappa shape index (κ1) is 16.8. The van der Waals surface area contributed by atoms with Crippen LogP contribution >= 0.6 is 0 Å². The molecular formula is C19H25NO4. The van der Waals surface area contributed by atoms with Gasteiger partial charge in [0.1, 0.15) is 5.75 Å². The molecule has 130 valence electrons. The highest BCUT2D eigenvalue weighted by Crippen LogP contribution is 2.39. The third-order valence-corrected chi connectivity index (χ3v) is 5.46. The van der Waals surface area contributed by atoms with E-state index in [0.717, 1.165) is 30.7 Å². The van der Waals surface area contributed by atoms with E-state index in [1.165, 1.54) is 0 Å². The normalized spacial score (nSPS) is 27.0. The van der Waals surface area contributed by atoms with Crippen molar-refractivity contribution in [1.82, 2.24) is 4.90 Å². The third kappa shape index (κ3) is 3.25. The Morgan fingerprint density at radius 3 is 2.42 bits per heavy atom. The number of methoxy groups -OCH3 is 1. The Morgan fingerprint density at radius 1 is 1.08 bits per heavy atom. The molecule has 1 unspecified atom stereocenters. The number of carboxylic acids is 1. The third-order valence-electron chi connectivity index (χ3n) is 5.46. The monoisotopic (exact) mass is 331 g/mol. The second-order valence-electron chi connectivity index (χ2n) is 6.82. The molecule has 3 rings (SSSR count). The van der Waals surface area contributed by atoms with Gasteiger partial charge in [0.05, 0.1) is 19.1 Å². The molecule has 1 heterocycles. The lowest BCUT2D eigenvalue weighted by Crippen LogP contribution is -2.38. The molecule has 5 nitrogen and oxygen atoms in total. The summed E-state index contributed by atoms with van der Waals surface area (Å²) >= 11 is 0. The molecule has 24 heavy (non-hydrogen) atoms. The van der Waals surface area contributed by atoms with Gasteiger partial charge in [-0.05, 0) is 44.6 Å². The molecule has 1 aliphatic heterocycles. The van der Waals surface area contributed by atoms with Crippen LogP contribution in [0.25, 0.3) is 0 Å². The number of benzene rings is 1. The number of carboxylic acid groups (broad SMARTS) is 1. The zero-order valence-corrected chi connectivity index (χ0v) is 14.1. The topological polar surface area (TPSA) is 66.8 Å². The molecule has 2 aliphatic rings. The highest BCUT2D eigenvalue weighted by Gasteiger charge is 2.37. The molecule has 0 aromatic heterocycles. The number of rotatable bonds is 4. The van der Waals surface area contributed by atoms with Crippen molar-refractivity contribution in [3.8, 4) is 5.75 Å². The fourth-order valence-corrected chi connectivity index (χ4v) is 4.12. The van der Waals surface area contributed by atoms with Crippen molar-refractivity contribution in [2.45, 2.75) is 44.6 Å². The van der Waals surface area contributed by atoms with Gasteiger partial charge in [0, 0.05) is 18.0 Å². The van der Waals surface area contributed by atoms with Crippen LogP contribution in [0.2, 0.25) is 0 Å². The molecule has 0 bridgehead atoms. The largest absolute Gasteiger partial charge is 0.496 e. The number of hydrogen-bond acceptors (Lipinski definition) is 3. The highest BCUT2D eigenvalue weighted by molar-refractivity contribution is 5.80. The molecule has 1 saturated heterocycles. The average molecular weight is 331 g/mol. The van der Waals surface area contributed by atoms with Crippen molar-refractivity contribution in [1.29, 1.82) is 0 Å². The maximum atomic E-state index is 13.0. The minimum atomic E-state index is -0.728. The summed E-state index contributed by atoms with van der Waals surface area (Å²) in [4.78, 5) is 26.1. The first-order chi connectivity index (χ1) is 11.6. The quantitative estimate of drug-likeness (QED) is 0.920. The number of para-hydroxylation sites is 1. The van der Waals surface area contributed by atoms with Crippen molar-refractivity contribution in [3.05, 3.63) is 29.8 Å². The summed E-state index contributed by atoms with van der Waals surface area (Å²) in [6.45, 7) is 0.778. The molecular weight excluding hydrogens is 306 g/mol. The molecule has 2 fully saturated rings. The minimum Gasteiger partial charge on any atom is -0.496 e. The fourth-order valence-electron chi connectivity index (χ4n) is 4.12. The Morgan fingerprint density at radius 2 is 1.75 bits per heavy atom. The Balaban J connectivity index is 1.71. The van der Waals surface area contributed by atoms with Gasteiger partial charge in [-0.25, -0.2) is 0 Å². The SMILES string of the molecule is COc1ccccc1C1CCCN1C(=O)C1CCC(C(=O)O)CC1. The van der Waals surface area contributed by atoms with Crippen molar-refractivity contribution in [2.75, 3.05) is 13.7 Å². The second kappa shape index (κ2) is 7.24. The van der Waals surface area contributed by atoms with Gasteiger partial charge in [-0.3, -0.25) is 9.59 Å². The van der Waals surface area contributed by atoms with E-state index in [2.05, 4.69) is 0 Å². The van der Waals surface area contributed by atoms with Gasteiger partial charge in [-0.2, -0.15) is 0 Å². The smallest absolute Gasteiger partial charge is 0.306 e. The van der Waals surface area contributed by atoms with Crippen molar-refractivity contribution >= 4 is 11.9 Å². The number of carbonyl (C=O) groups is 2. The van der Waals surface area contributed by atoms with Crippen LogP contribution in [0.1, 0.15) is 50.1 Å². The molecule has 0 spiro atoms. The van der Waals surface area contributed by atoms with E-state index in [-0.39, 0.29) is 23.8 Å². The second-order valence-corrected chi connectivity index (χ2v) is 6.82. The first-order valence-electron chi connectivity index (χ1n) is 8.78. The first-order valence-corrected chi connectivity index (χ1v) is 8.78. The number of carbonyl (C=O) groups excluding carboxylic acids is 1. The summed E-state index contributed by atoms with van der Waals surface area (Å²) < 4.78 is 5.47. The predicted octanol–water partition coefficient (Wildman–Crippen LogP) is 3.25. The zero-order valence-electron chi connectivity index (χ0n) is 14.1. The molecule has 0 radical (unpaired) electrons. The van der Waals surface area contributed by atoms with Gasteiger partial charge in [0.25, 0.3) is 0 Å². The highest BCUT2D eigenvalue weighted by atomic mass is 16.5. The van der Waals surface area contributed by atoms with E-state index < -0.39 is 5.97 Å². The Labute approximate surface area is 142 Å². The fraction of sp³-hybridized carbons (Fsp3) is 0.579. The number of nitrogens with zero attached hydrogens (tertiary/aromatic N) is 1. The summed E-state index contributed by atoms with van der Waals surface area (Å²) in [7, 11) is 1.66. The lowest BCUT2D eigenvalue weighted by atomic mass is 9.81. The predicted molar refractivity (Wildman–Crippen MR) is 89.8 cm³/mol. The van der Waals surface area contributed by atoms with Crippen molar-refractivity contribution < 1.29 is 19.4 Å².